The van der Waals surface area contributed by atoms with Crippen LogP contribution in [0.25, 0.3) is 16.9 Å². The number of halogens is 5. The molecule has 0 bridgehead atoms. The van der Waals surface area contributed by atoms with E-state index in [2.05, 4.69) is 20.1 Å². The lowest BCUT2D eigenvalue weighted by Gasteiger charge is -2.11. The Morgan fingerprint density at radius 1 is 1.05 bits per heavy atom. The van der Waals surface area contributed by atoms with Crippen molar-refractivity contribution in [1.82, 2.24) is 19.3 Å². The average Bonchev–Trinajstić information content (AvgIpc) is 3.24. The van der Waals surface area contributed by atoms with Crippen molar-refractivity contribution in [3.8, 4) is 17.0 Å². The normalized spacial score (nSPS) is 12.3. The van der Waals surface area contributed by atoms with E-state index < -0.39 is 40.0 Å². The van der Waals surface area contributed by atoms with Crippen LogP contribution < -0.4 is 14.8 Å². The lowest BCUT2D eigenvalue weighted by molar-refractivity contribution is -0.137. The van der Waals surface area contributed by atoms with Gasteiger partial charge < -0.3 is 4.74 Å². The monoisotopic (exact) mass is 569 g/mol. The molecular formula is C24H20F5N5O4S. The topological polar surface area (TPSA) is 115 Å². The Morgan fingerprint density at radius 3 is 2.36 bits per heavy atom. The van der Waals surface area contributed by atoms with E-state index in [0.29, 0.717) is 0 Å². The van der Waals surface area contributed by atoms with Gasteiger partial charge in [-0.05, 0) is 50.2 Å². The number of hydrogen-bond donors (Lipinski definition) is 2. The molecule has 2 aromatic heterocycles. The van der Waals surface area contributed by atoms with Gasteiger partial charge in [-0.1, -0.05) is 18.2 Å². The summed E-state index contributed by atoms with van der Waals surface area (Å²) in [5.41, 5.74) is -1.79. The van der Waals surface area contributed by atoms with Crippen molar-refractivity contribution in [3.63, 3.8) is 0 Å². The van der Waals surface area contributed by atoms with E-state index >= 15 is 0 Å². The predicted molar refractivity (Wildman–Crippen MR) is 130 cm³/mol. The van der Waals surface area contributed by atoms with Crippen molar-refractivity contribution in [2.24, 2.45) is 0 Å². The van der Waals surface area contributed by atoms with Crippen LogP contribution in [0.2, 0.25) is 0 Å². The third kappa shape index (κ3) is 6.31. The van der Waals surface area contributed by atoms with Crippen LogP contribution >= 0.6 is 0 Å². The fraction of sp³-hybridized carbons (Fsp3) is 0.208. The van der Waals surface area contributed by atoms with E-state index in [9.17, 15) is 35.2 Å². The number of nitrogens with one attached hydrogen (secondary N) is 2. The van der Waals surface area contributed by atoms with E-state index in [4.69, 9.17) is 4.74 Å². The van der Waals surface area contributed by atoms with Gasteiger partial charge in [0.25, 0.3) is 6.43 Å². The molecule has 4 aromatic rings. The van der Waals surface area contributed by atoms with Crippen molar-refractivity contribution < 1.29 is 39.9 Å². The van der Waals surface area contributed by atoms with Crippen LogP contribution in [-0.2, 0) is 16.2 Å². The minimum atomic E-state index is -4.58. The zero-order chi connectivity index (χ0) is 28.5. The maximum atomic E-state index is 13.8. The molecule has 4 rings (SSSR count). The maximum absolute atomic E-state index is 13.8. The third-order valence-electron chi connectivity index (χ3n) is 5.18. The van der Waals surface area contributed by atoms with Crippen LogP contribution in [0.1, 0.15) is 31.5 Å². The van der Waals surface area contributed by atoms with Crippen LogP contribution in [0.5, 0.6) is 5.75 Å². The van der Waals surface area contributed by atoms with E-state index in [1.807, 2.05) is 0 Å². The first-order valence-corrected chi connectivity index (χ1v) is 12.7. The van der Waals surface area contributed by atoms with Gasteiger partial charge in [-0.2, -0.15) is 18.3 Å². The molecule has 2 heterocycles. The molecule has 0 aliphatic rings. The van der Waals surface area contributed by atoms with Gasteiger partial charge >= 0.3 is 12.3 Å². The van der Waals surface area contributed by atoms with Crippen molar-refractivity contribution in [2.75, 3.05) is 5.32 Å². The van der Waals surface area contributed by atoms with Gasteiger partial charge in [0, 0.05) is 17.3 Å². The Balaban J connectivity index is 1.63. The van der Waals surface area contributed by atoms with Crippen molar-refractivity contribution >= 4 is 27.5 Å². The van der Waals surface area contributed by atoms with Crippen LogP contribution in [0, 0.1) is 0 Å². The number of nitrogens with zero attached hydrogens (tertiary/aromatic N) is 3. The molecule has 206 valence electrons. The summed E-state index contributed by atoms with van der Waals surface area (Å²) in [5.74, 6) is -0.326. The molecule has 15 heteroatoms. The maximum Gasteiger partial charge on any atom is 0.417 e. The number of aromatic nitrogens is 3. The van der Waals surface area contributed by atoms with Crippen LogP contribution in [-0.4, -0.2) is 35.2 Å². The summed E-state index contributed by atoms with van der Waals surface area (Å²) in [6.45, 7) is 3.29. The fourth-order valence-corrected chi connectivity index (χ4v) is 4.83. The van der Waals surface area contributed by atoms with Crippen molar-refractivity contribution in [3.05, 3.63) is 72.1 Å². The number of carbonyl (C=O) groups excluding carboxylic acids is 1. The molecule has 2 aromatic carbocycles. The minimum Gasteiger partial charge on any atom is -0.404 e. The second-order valence-corrected chi connectivity index (χ2v) is 10.2. The number of anilines is 1. The highest BCUT2D eigenvalue weighted by molar-refractivity contribution is 7.89. The van der Waals surface area contributed by atoms with Crippen molar-refractivity contribution in [2.45, 2.75) is 37.4 Å². The zero-order valence-corrected chi connectivity index (χ0v) is 21.0. The van der Waals surface area contributed by atoms with Gasteiger partial charge in [0.1, 0.15) is 5.69 Å². The first kappa shape index (κ1) is 27.9. The summed E-state index contributed by atoms with van der Waals surface area (Å²) in [7, 11) is -3.85. The fourth-order valence-electron chi connectivity index (χ4n) is 3.53. The number of alkyl halides is 5. The second-order valence-electron chi connectivity index (χ2n) is 8.50. The Hall–Kier alpha value is -4.11. The number of ether oxygens (including phenoxy) is 1. The summed E-state index contributed by atoms with van der Waals surface area (Å²) >= 11 is 0. The van der Waals surface area contributed by atoms with E-state index in [1.54, 1.807) is 13.8 Å². The first-order chi connectivity index (χ1) is 18.2. The number of fused-ring (bicyclic) bond motifs is 1. The molecule has 0 saturated carbocycles. The van der Waals surface area contributed by atoms with Gasteiger partial charge in [-0.25, -0.2) is 36.2 Å². The molecule has 0 atom stereocenters. The van der Waals surface area contributed by atoms with Crippen LogP contribution in [0.4, 0.5) is 32.4 Å². The van der Waals surface area contributed by atoms with Crippen molar-refractivity contribution in [1.29, 1.82) is 0 Å². The number of sulfonamides is 1. The number of amides is 1. The molecule has 2 N–H and O–H groups in total. The Bertz CT molecular complexity index is 1620. The quantitative estimate of drug-likeness (QED) is 0.278. The summed E-state index contributed by atoms with van der Waals surface area (Å²) in [6.07, 6.45) is -7.76. The van der Waals surface area contributed by atoms with Gasteiger partial charge in [0.05, 0.1) is 22.3 Å². The smallest absolute Gasteiger partial charge is 0.404 e. The first-order valence-electron chi connectivity index (χ1n) is 11.2. The largest absolute Gasteiger partial charge is 0.417 e. The van der Waals surface area contributed by atoms with Gasteiger partial charge in [-0.3, -0.25) is 5.32 Å². The Morgan fingerprint density at radius 2 is 1.74 bits per heavy atom. The zero-order valence-electron chi connectivity index (χ0n) is 20.2. The Kier molecular flexibility index (Phi) is 7.57. The van der Waals surface area contributed by atoms with Crippen LogP contribution in [0.3, 0.4) is 0 Å². The molecular weight excluding hydrogens is 549 g/mol. The highest BCUT2D eigenvalue weighted by Crippen LogP contribution is 2.33. The molecule has 0 aliphatic carbocycles. The molecule has 0 saturated heterocycles. The number of benzene rings is 2. The molecule has 0 radical (unpaired) electrons. The number of rotatable bonds is 7. The standard InChI is InChI=1S/C24H20F5N5O4S/c1-13(2)33-39(36,37)17-5-3-4-16(10-17)31-23(35)38-20-12-30-34-19(21(25)26)11-18(32-22(20)34)14-6-8-15(9-7-14)24(27,28)29/h3-13,21,33H,1-2H3,(H,31,35). The van der Waals surface area contributed by atoms with Crippen LogP contribution in [0.15, 0.2) is 65.7 Å². The molecule has 0 spiro atoms. The predicted octanol–water partition coefficient (Wildman–Crippen LogP) is 5.65. The molecule has 39 heavy (non-hydrogen) atoms. The van der Waals surface area contributed by atoms with Gasteiger partial charge in [-0.15, -0.1) is 0 Å². The molecule has 9 nitrogen and oxygen atoms in total. The number of hydrogen-bond acceptors (Lipinski definition) is 6. The van der Waals surface area contributed by atoms with Gasteiger partial charge in [0.2, 0.25) is 10.0 Å². The number of carbonyl (C=O) groups is 1. The average molecular weight is 570 g/mol. The summed E-state index contributed by atoms with van der Waals surface area (Å²) in [4.78, 5) is 16.6. The Labute approximate surface area is 218 Å². The lowest BCUT2D eigenvalue weighted by Crippen LogP contribution is -2.30. The molecule has 0 unspecified atom stereocenters. The molecule has 1 amide bonds. The SMILES string of the molecule is CC(C)NS(=O)(=O)c1cccc(NC(=O)Oc2cnn3c(C(F)F)cc(-c4ccc(C(F)(F)F)cc4)nc23)c1. The summed E-state index contributed by atoms with van der Waals surface area (Å²) in [6, 6.07) is 9.65. The lowest BCUT2D eigenvalue weighted by atomic mass is 10.1. The van der Waals surface area contributed by atoms with E-state index in [1.165, 1.54) is 24.3 Å². The van der Waals surface area contributed by atoms with E-state index in [0.717, 1.165) is 41.0 Å². The highest BCUT2D eigenvalue weighted by Gasteiger charge is 2.30. The summed E-state index contributed by atoms with van der Waals surface area (Å²) < 4.78 is 99.4. The third-order valence-corrected chi connectivity index (χ3v) is 6.84. The molecule has 0 fully saturated rings. The van der Waals surface area contributed by atoms with Gasteiger partial charge in [0.15, 0.2) is 11.4 Å². The minimum absolute atomic E-state index is 0.0646. The molecule has 0 aliphatic heterocycles. The highest BCUT2D eigenvalue weighted by atomic mass is 32.2. The summed E-state index contributed by atoms with van der Waals surface area (Å²) in [5, 5.41) is 6.13. The van der Waals surface area contributed by atoms with E-state index in [-0.39, 0.29) is 39.3 Å². The second kappa shape index (κ2) is 10.6.